The molecule has 0 saturated heterocycles. The topological polar surface area (TPSA) is 89.0 Å². The number of rotatable bonds is 5. The number of methoxy groups -OCH3 is 2. The summed E-state index contributed by atoms with van der Waals surface area (Å²) in [4.78, 5) is 21.6. The molecule has 0 amide bonds. The van der Waals surface area contributed by atoms with Gasteiger partial charge in [0.2, 0.25) is 5.95 Å². The molecule has 0 spiro atoms. The average molecular weight is 466 g/mol. The molecule has 9 nitrogen and oxygen atoms in total. The molecular weight excluding hydrogens is 446 g/mol. The Hall–Kier alpha value is -4.12. The minimum Gasteiger partial charge on any atom is -0.493 e. The first kappa shape index (κ1) is 21.7. The van der Waals surface area contributed by atoms with Crippen molar-refractivity contribution in [2.75, 3.05) is 14.2 Å². The summed E-state index contributed by atoms with van der Waals surface area (Å²) < 4.78 is 44.3. The SMILES string of the molecule is COCc1cc2ncc3c(c2cc1-c1cn(C)nc1F)n(-c1c(F)cncc1OC)c(=O)n3C. The number of halogens is 2. The maximum atomic E-state index is 15.0. The molecule has 0 aliphatic heterocycles. The van der Waals surface area contributed by atoms with Gasteiger partial charge in [-0.1, -0.05) is 0 Å². The van der Waals surface area contributed by atoms with Gasteiger partial charge in [0.25, 0.3) is 0 Å². The molecule has 5 aromatic rings. The highest BCUT2D eigenvalue weighted by Crippen LogP contribution is 2.35. The van der Waals surface area contributed by atoms with Gasteiger partial charge in [-0.05, 0) is 23.3 Å². The monoisotopic (exact) mass is 466 g/mol. The first-order valence-electron chi connectivity index (χ1n) is 10.2. The molecule has 0 aliphatic carbocycles. The van der Waals surface area contributed by atoms with Crippen LogP contribution in [-0.2, 0) is 25.4 Å². The normalized spacial score (nSPS) is 11.6. The molecule has 0 radical (unpaired) electrons. The molecule has 0 aliphatic rings. The van der Waals surface area contributed by atoms with Gasteiger partial charge in [-0.15, -0.1) is 5.10 Å². The minimum atomic E-state index is -0.728. The van der Waals surface area contributed by atoms with Crippen molar-refractivity contribution in [2.45, 2.75) is 6.61 Å². The number of benzene rings is 1. The summed E-state index contributed by atoms with van der Waals surface area (Å²) in [5, 5.41) is 4.33. The Morgan fingerprint density at radius 3 is 2.53 bits per heavy atom. The predicted molar refractivity (Wildman–Crippen MR) is 121 cm³/mol. The van der Waals surface area contributed by atoms with E-state index in [2.05, 4.69) is 15.1 Å². The van der Waals surface area contributed by atoms with Crippen molar-refractivity contribution in [1.29, 1.82) is 0 Å². The minimum absolute atomic E-state index is 0.0734. The summed E-state index contributed by atoms with van der Waals surface area (Å²) in [6.45, 7) is 0.202. The lowest BCUT2D eigenvalue weighted by atomic mass is 9.99. The van der Waals surface area contributed by atoms with Gasteiger partial charge in [-0.3, -0.25) is 23.8 Å². The van der Waals surface area contributed by atoms with E-state index in [1.165, 1.54) is 34.2 Å². The third-order valence-electron chi connectivity index (χ3n) is 5.76. The first-order valence-corrected chi connectivity index (χ1v) is 10.2. The largest absolute Gasteiger partial charge is 0.493 e. The Morgan fingerprint density at radius 2 is 1.85 bits per heavy atom. The summed E-state index contributed by atoms with van der Waals surface area (Å²) >= 11 is 0. The fraction of sp³-hybridized carbons (Fsp3) is 0.217. The lowest BCUT2D eigenvalue weighted by Gasteiger charge is -2.13. The van der Waals surface area contributed by atoms with E-state index < -0.39 is 17.5 Å². The Labute approximate surface area is 191 Å². The quantitative estimate of drug-likeness (QED) is 0.396. The molecule has 11 heteroatoms. The van der Waals surface area contributed by atoms with Crippen molar-refractivity contribution in [1.82, 2.24) is 28.9 Å². The van der Waals surface area contributed by atoms with Crippen LogP contribution >= 0.6 is 0 Å². The molecule has 34 heavy (non-hydrogen) atoms. The van der Waals surface area contributed by atoms with Gasteiger partial charge in [-0.25, -0.2) is 9.18 Å². The second-order valence-corrected chi connectivity index (χ2v) is 7.81. The summed E-state index contributed by atoms with van der Waals surface area (Å²) in [5.74, 6) is -1.28. The number of aryl methyl sites for hydroxylation is 2. The van der Waals surface area contributed by atoms with Crippen LogP contribution in [0.1, 0.15) is 5.56 Å². The fourth-order valence-electron chi connectivity index (χ4n) is 4.24. The van der Waals surface area contributed by atoms with Crippen LogP contribution in [0.4, 0.5) is 8.78 Å². The van der Waals surface area contributed by atoms with E-state index in [0.717, 1.165) is 6.20 Å². The molecule has 174 valence electrons. The van der Waals surface area contributed by atoms with Gasteiger partial charge in [0.05, 0.1) is 54.4 Å². The van der Waals surface area contributed by atoms with Crippen molar-refractivity contribution in [2.24, 2.45) is 14.1 Å². The van der Waals surface area contributed by atoms with E-state index >= 15 is 4.39 Å². The number of fused-ring (bicyclic) bond motifs is 3. The predicted octanol–water partition coefficient (Wildman–Crippen LogP) is 3.11. The number of hydrogen-bond donors (Lipinski definition) is 0. The summed E-state index contributed by atoms with van der Waals surface area (Å²) in [6, 6.07) is 3.49. The average Bonchev–Trinajstić information content (AvgIpc) is 3.28. The number of ether oxygens (including phenoxy) is 2. The Morgan fingerprint density at radius 1 is 1.06 bits per heavy atom. The second kappa shape index (κ2) is 8.03. The maximum absolute atomic E-state index is 15.0. The van der Waals surface area contributed by atoms with Gasteiger partial charge in [0.15, 0.2) is 11.6 Å². The summed E-state index contributed by atoms with van der Waals surface area (Å²) in [7, 11) is 6.10. The van der Waals surface area contributed by atoms with Gasteiger partial charge in [0.1, 0.15) is 5.69 Å². The lowest BCUT2D eigenvalue weighted by Crippen LogP contribution is -2.22. The van der Waals surface area contributed by atoms with Crippen LogP contribution in [0.3, 0.4) is 0 Å². The van der Waals surface area contributed by atoms with Crippen molar-refractivity contribution in [3.05, 3.63) is 64.7 Å². The Balaban J connectivity index is 1.96. The molecule has 0 fully saturated rings. The van der Waals surface area contributed by atoms with Gasteiger partial charge < -0.3 is 9.47 Å². The van der Waals surface area contributed by atoms with Crippen LogP contribution < -0.4 is 10.4 Å². The Bertz CT molecular complexity index is 1640. The standard InChI is InChI=1S/C23H20F2N6O3/c1-29-10-15(22(25)28-29)13-6-14-17(5-12(13)11-33-3)27-8-18-20(14)31(23(32)30(18)2)21-16(24)7-26-9-19(21)34-4/h5-10H,11H2,1-4H3. The highest BCUT2D eigenvalue weighted by Gasteiger charge is 2.23. The van der Waals surface area contributed by atoms with Crippen molar-refractivity contribution < 1.29 is 18.3 Å². The van der Waals surface area contributed by atoms with Crippen LogP contribution in [0.25, 0.3) is 38.8 Å². The third kappa shape index (κ3) is 3.16. The molecule has 0 N–H and O–H groups in total. The van der Waals surface area contributed by atoms with Crippen molar-refractivity contribution in [3.63, 3.8) is 0 Å². The zero-order valence-electron chi connectivity index (χ0n) is 18.8. The first-order chi connectivity index (χ1) is 16.3. The summed E-state index contributed by atoms with van der Waals surface area (Å²) in [5.41, 5.74) is 2.30. The number of pyridine rings is 2. The molecule has 0 atom stereocenters. The van der Waals surface area contributed by atoms with Crippen LogP contribution in [0.2, 0.25) is 0 Å². The van der Waals surface area contributed by atoms with Crippen LogP contribution in [0.5, 0.6) is 5.75 Å². The van der Waals surface area contributed by atoms with Crippen molar-refractivity contribution in [3.8, 4) is 22.6 Å². The number of hydrogen-bond acceptors (Lipinski definition) is 6. The molecule has 4 heterocycles. The van der Waals surface area contributed by atoms with E-state index in [-0.39, 0.29) is 23.6 Å². The van der Waals surface area contributed by atoms with E-state index in [1.807, 2.05) is 0 Å². The van der Waals surface area contributed by atoms with Gasteiger partial charge in [-0.2, -0.15) is 4.39 Å². The van der Waals surface area contributed by atoms with Crippen LogP contribution in [0.15, 0.2) is 41.7 Å². The smallest absolute Gasteiger partial charge is 0.333 e. The highest BCUT2D eigenvalue weighted by atomic mass is 19.1. The van der Waals surface area contributed by atoms with Gasteiger partial charge >= 0.3 is 5.69 Å². The molecule has 0 bridgehead atoms. The molecule has 1 aromatic carbocycles. The number of nitrogens with zero attached hydrogens (tertiary/aromatic N) is 6. The zero-order chi connectivity index (χ0) is 24.1. The second-order valence-electron chi connectivity index (χ2n) is 7.81. The zero-order valence-corrected chi connectivity index (χ0v) is 18.8. The molecule has 5 rings (SSSR count). The third-order valence-corrected chi connectivity index (χ3v) is 5.76. The number of aromatic nitrogens is 6. The molecule has 0 unspecified atom stereocenters. The van der Waals surface area contributed by atoms with E-state index in [4.69, 9.17) is 9.47 Å². The van der Waals surface area contributed by atoms with E-state index in [0.29, 0.717) is 33.1 Å². The van der Waals surface area contributed by atoms with Crippen molar-refractivity contribution >= 4 is 21.9 Å². The van der Waals surface area contributed by atoms with E-state index in [9.17, 15) is 9.18 Å². The molecule has 4 aromatic heterocycles. The molecular formula is C23H20F2N6O3. The summed E-state index contributed by atoms with van der Waals surface area (Å²) in [6.07, 6.45) is 5.45. The van der Waals surface area contributed by atoms with Crippen LogP contribution in [-0.4, -0.2) is 43.1 Å². The Kier molecular flexibility index (Phi) is 5.13. The molecule has 0 saturated carbocycles. The number of imidazole rings is 1. The van der Waals surface area contributed by atoms with Gasteiger partial charge in [0, 0.05) is 32.8 Å². The lowest BCUT2D eigenvalue weighted by molar-refractivity contribution is 0.185. The van der Waals surface area contributed by atoms with Crippen LogP contribution in [0, 0.1) is 11.8 Å². The highest BCUT2D eigenvalue weighted by molar-refractivity contribution is 6.05. The van der Waals surface area contributed by atoms with E-state index in [1.54, 1.807) is 38.6 Å². The fourth-order valence-corrected chi connectivity index (χ4v) is 4.24. The maximum Gasteiger partial charge on any atom is 0.333 e.